The van der Waals surface area contributed by atoms with Gasteiger partial charge in [-0.05, 0) is 53.4 Å². The minimum Gasteiger partial charge on any atom is -0.465 e. The molecule has 4 atom stereocenters. The molecule has 0 radical (unpaired) electrons. The zero-order chi connectivity index (χ0) is 22.5. The van der Waals surface area contributed by atoms with Gasteiger partial charge in [-0.2, -0.15) is 0 Å². The van der Waals surface area contributed by atoms with Gasteiger partial charge < -0.3 is 18.9 Å². The smallest absolute Gasteiger partial charge is 0.323 e. The van der Waals surface area contributed by atoms with E-state index in [1.807, 2.05) is 0 Å². The van der Waals surface area contributed by atoms with Crippen molar-refractivity contribution in [1.82, 2.24) is 10.6 Å². The number of hydrogen-bond donors (Lipinski definition) is 2. The summed E-state index contributed by atoms with van der Waals surface area (Å²) in [5, 5.41) is 5.82. The van der Waals surface area contributed by atoms with Crippen LogP contribution >= 0.6 is 24.8 Å². The van der Waals surface area contributed by atoms with Gasteiger partial charge in [0.05, 0.1) is 26.4 Å². The number of nitrogens with one attached hydrogen (secondary N) is 2. The van der Waals surface area contributed by atoms with Crippen LogP contribution in [-0.2, 0) is 38.1 Å². The van der Waals surface area contributed by atoms with Gasteiger partial charge >= 0.3 is 23.9 Å². The summed E-state index contributed by atoms with van der Waals surface area (Å²) in [6.07, 6.45) is 2.51. The van der Waals surface area contributed by atoms with Gasteiger partial charge in [-0.1, -0.05) is 0 Å². The van der Waals surface area contributed by atoms with Gasteiger partial charge in [0.25, 0.3) is 0 Å². The molecule has 0 bridgehead atoms. The average molecular weight is 503 g/mol. The molecule has 2 rings (SSSR count). The van der Waals surface area contributed by atoms with Crippen molar-refractivity contribution >= 4 is 48.7 Å². The lowest BCUT2D eigenvalue weighted by Gasteiger charge is -2.12. The molecular formula is C20H36Cl2N2O8. The fraction of sp³-hybridized carbons (Fsp3) is 0.800. The summed E-state index contributed by atoms with van der Waals surface area (Å²) in [4.78, 5) is 45.3. The molecule has 0 spiro atoms. The van der Waals surface area contributed by atoms with Crippen molar-refractivity contribution in [2.24, 2.45) is 0 Å². The number of carbonyl (C=O) groups excluding carboxylic acids is 4. The van der Waals surface area contributed by atoms with Crippen LogP contribution in [0.2, 0.25) is 0 Å². The molecule has 0 amide bonds. The predicted octanol–water partition coefficient (Wildman–Crippen LogP) is 1.31. The first-order valence-electron chi connectivity index (χ1n) is 10.6. The van der Waals surface area contributed by atoms with Crippen LogP contribution in [0.25, 0.3) is 0 Å². The highest BCUT2D eigenvalue weighted by Gasteiger charge is 2.35. The fourth-order valence-electron chi connectivity index (χ4n) is 3.20. The van der Waals surface area contributed by atoms with Crippen LogP contribution in [0.5, 0.6) is 0 Å². The van der Waals surface area contributed by atoms with E-state index in [-0.39, 0.29) is 72.9 Å². The number of ether oxygens (including phenoxy) is 4. The molecule has 2 N–H and O–H groups in total. The second-order valence-corrected chi connectivity index (χ2v) is 6.71. The highest BCUT2D eigenvalue weighted by Crippen LogP contribution is 2.15. The van der Waals surface area contributed by atoms with E-state index in [0.717, 1.165) is 0 Å². The van der Waals surface area contributed by atoms with E-state index in [1.54, 1.807) is 27.7 Å². The molecule has 2 heterocycles. The first-order valence-corrected chi connectivity index (χ1v) is 10.6. The highest BCUT2D eigenvalue weighted by molar-refractivity contribution is 5.85. The second kappa shape index (κ2) is 17.9. The molecule has 0 unspecified atom stereocenters. The molecule has 2 fully saturated rings. The minimum absolute atomic E-state index is 0. The Morgan fingerprint density at radius 3 is 0.875 bits per heavy atom. The van der Waals surface area contributed by atoms with Crippen LogP contribution < -0.4 is 10.6 Å². The molecular weight excluding hydrogens is 467 g/mol. The average Bonchev–Trinajstić information content (AvgIpc) is 3.39. The monoisotopic (exact) mass is 502 g/mol. The Bertz CT molecular complexity index is 496. The van der Waals surface area contributed by atoms with E-state index < -0.39 is 0 Å². The predicted molar refractivity (Wildman–Crippen MR) is 121 cm³/mol. The Morgan fingerprint density at radius 1 is 0.531 bits per heavy atom. The van der Waals surface area contributed by atoms with Crippen molar-refractivity contribution in [3.8, 4) is 0 Å². The number of hydrogen-bond acceptors (Lipinski definition) is 10. The Hall–Kier alpha value is -1.62. The third-order valence-electron chi connectivity index (χ3n) is 4.58. The highest BCUT2D eigenvalue weighted by atomic mass is 35.5. The Morgan fingerprint density at radius 2 is 0.719 bits per heavy atom. The van der Waals surface area contributed by atoms with Crippen molar-refractivity contribution in [2.75, 3.05) is 26.4 Å². The third kappa shape index (κ3) is 10.8. The molecule has 0 aromatic carbocycles. The maximum Gasteiger partial charge on any atom is 0.323 e. The van der Waals surface area contributed by atoms with Gasteiger partial charge in [0.2, 0.25) is 0 Å². The number of carbonyl (C=O) groups is 4. The van der Waals surface area contributed by atoms with E-state index in [2.05, 4.69) is 10.6 Å². The van der Waals surface area contributed by atoms with Crippen LogP contribution in [0.3, 0.4) is 0 Å². The Balaban J connectivity index is 0. The molecule has 32 heavy (non-hydrogen) atoms. The normalized spacial score (nSPS) is 23.4. The molecule has 0 aromatic heterocycles. The van der Waals surface area contributed by atoms with Gasteiger partial charge in [-0.3, -0.25) is 29.8 Å². The third-order valence-corrected chi connectivity index (χ3v) is 4.58. The SMILES string of the molecule is CCOC(=O)[C@@H]1CC[C@@H](C(=O)OCC)N1.CCOC(=O)[C@H]1CC[C@H](C(=O)OCC)N1.Cl.Cl. The van der Waals surface area contributed by atoms with Crippen LogP contribution in [0, 0.1) is 0 Å². The molecule has 2 aliphatic heterocycles. The number of esters is 4. The van der Waals surface area contributed by atoms with Crippen molar-refractivity contribution in [3.05, 3.63) is 0 Å². The van der Waals surface area contributed by atoms with E-state index in [4.69, 9.17) is 18.9 Å². The minimum atomic E-state index is -0.362. The number of rotatable bonds is 8. The Labute approximate surface area is 201 Å². The summed E-state index contributed by atoms with van der Waals surface area (Å²) in [6.45, 7) is 8.49. The first-order chi connectivity index (χ1) is 14.4. The van der Waals surface area contributed by atoms with Gasteiger partial charge in [0.1, 0.15) is 24.2 Å². The van der Waals surface area contributed by atoms with Gasteiger partial charge in [0, 0.05) is 0 Å². The summed E-state index contributed by atoms with van der Waals surface area (Å²) >= 11 is 0. The molecule has 2 saturated heterocycles. The standard InChI is InChI=1S/2C10H17NO4.2ClH/c2*1-3-14-9(12)7-5-6-8(11-7)10(13)15-4-2;;/h2*7-8,11H,3-6H2,1-2H3;2*1H/t2*7-,8-;;/m10../s1. The quantitative estimate of drug-likeness (QED) is 0.370. The summed E-state index contributed by atoms with van der Waals surface area (Å²) < 4.78 is 19.4. The van der Waals surface area contributed by atoms with Crippen LogP contribution in [0.1, 0.15) is 53.4 Å². The molecule has 0 aliphatic carbocycles. The first kappa shape index (κ1) is 32.6. The number of halogens is 2. The largest absolute Gasteiger partial charge is 0.465 e. The molecule has 2 aliphatic rings. The summed E-state index contributed by atoms with van der Waals surface area (Å²) in [7, 11) is 0. The summed E-state index contributed by atoms with van der Waals surface area (Å²) in [5.41, 5.74) is 0. The zero-order valence-electron chi connectivity index (χ0n) is 19.0. The zero-order valence-corrected chi connectivity index (χ0v) is 20.7. The molecule has 10 nitrogen and oxygen atoms in total. The Kier molecular flexibility index (Phi) is 18.2. The molecule has 12 heteroatoms. The molecule has 188 valence electrons. The second-order valence-electron chi connectivity index (χ2n) is 6.71. The van der Waals surface area contributed by atoms with Gasteiger partial charge in [0.15, 0.2) is 0 Å². The summed E-state index contributed by atoms with van der Waals surface area (Å²) in [5.74, 6) is -1.15. The lowest BCUT2D eigenvalue weighted by molar-refractivity contribution is -0.148. The molecule has 0 saturated carbocycles. The van der Waals surface area contributed by atoms with Crippen molar-refractivity contribution in [2.45, 2.75) is 77.5 Å². The van der Waals surface area contributed by atoms with E-state index in [9.17, 15) is 19.2 Å². The van der Waals surface area contributed by atoms with Crippen LogP contribution in [0.4, 0.5) is 0 Å². The van der Waals surface area contributed by atoms with Crippen LogP contribution in [0.15, 0.2) is 0 Å². The van der Waals surface area contributed by atoms with Gasteiger partial charge in [-0.15, -0.1) is 24.8 Å². The van der Waals surface area contributed by atoms with E-state index in [1.165, 1.54) is 0 Å². The van der Waals surface area contributed by atoms with Gasteiger partial charge in [-0.25, -0.2) is 0 Å². The van der Waals surface area contributed by atoms with E-state index in [0.29, 0.717) is 52.1 Å². The topological polar surface area (TPSA) is 129 Å². The maximum atomic E-state index is 11.3. The van der Waals surface area contributed by atoms with Crippen LogP contribution in [-0.4, -0.2) is 74.5 Å². The van der Waals surface area contributed by atoms with E-state index >= 15 is 0 Å². The fourth-order valence-corrected chi connectivity index (χ4v) is 3.20. The summed E-state index contributed by atoms with van der Waals surface area (Å²) in [6, 6.07) is -1.45. The molecule has 0 aromatic rings. The lowest BCUT2D eigenvalue weighted by Crippen LogP contribution is -2.41. The maximum absolute atomic E-state index is 11.3. The lowest BCUT2D eigenvalue weighted by atomic mass is 10.2. The van der Waals surface area contributed by atoms with Crippen molar-refractivity contribution in [3.63, 3.8) is 0 Å². The van der Waals surface area contributed by atoms with Crippen molar-refractivity contribution < 1.29 is 38.1 Å². The van der Waals surface area contributed by atoms with Crippen molar-refractivity contribution in [1.29, 1.82) is 0 Å².